The van der Waals surface area contributed by atoms with E-state index in [1.54, 1.807) is 0 Å². The Morgan fingerprint density at radius 1 is 1.62 bits per heavy atom. The Hall–Kier alpha value is -0.560. The Morgan fingerprint density at radius 3 is 2.00 bits per heavy atom. The molecule has 0 unspecified atom stereocenters. The lowest BCUT2D eigenvalue weighted by Crippen LogP contribution is -2.20. The van der Waals surface area contributed by atoms with Gasteiger partial charge in [0.1, 0.15) is 0 Å². The summed E-state index contributed by atoms with van der Waals surface area (Å²) >= 11 is 3.93. The van der Waals surface area contributed by atoms with Gasteiger partial charge in [0.15, 0.2) is 0 Å². The minimum atomic E-state index is -2.72. The van der Waals surface area contributed by atoms with Gasteiger partial charge in [-0.05, 0) is 0 Å². The molecule has 0 aromatic carbocycles. The number of nitrogens with zero attached hydrogens (tertiary/aromatic N) is 1. The minimum absolute atomic E-state index is 0.0278. The maximum atomic E-state index is 9.79. The lowest BCUT2D eigenvalue weighted by atomic mass is 11.2. The van der Waals surface area contributed by atoms with Gasteiger partial charge in [-0.2, -0.15) is 4.79 Å². The van der Waals surface area contributed by atoms with Crippen LogP contribution in [0.1, 0.15) is 0 Å². The predicted molar refractivity (Wildman–Crippen MR) is 26.1 cm³/mol. The molecule has 2 N–H and O–H groups in total. The minimum Gasteiger partial charge on any atom is -0.499 e. The number of nitrogens with two attached hydrogens (primary N) is 1. The summed E-state index contributed by atoms with van der Waals surface area (Å²) in [5.41, 5.74) is 4.43. The Morgan fingerprint density at radius 2 is 2.00 bits per heavy atom. The SMILES string of the molecule is NC(=O)[N+]([S-])=S(=O)=O. The van der Waals surface area contributed by atoms with Gasteiger partial charge in [0.05, 0.1) is 0 Å². The number of hydrogen-bond acceptors (Lipinski definition) is 4. The number of urea groups is 1. The van der Waals surface area contributed by atoms with E-state index in [0.717, 1.165) is 0 Å². The molecule has 0 heterocycles. The standard InChI is InChI=1S/CH2N2O3S2/c2-1(4)3(7)8(5)6/h(H2,2,4). The zero-order valence-corrected chi connectivity index (χ0v) is 5.20. The van der Waals surface area contributed by atoms with Gasteiger partial charge in [0.25, 0.3) is 0 Å². The molecule has 7 heteroatoms. The Bertz CT molecular complexity index is 218. The summed E-state index contributed by atoms with van der Waals surface area (Å²) in [5.74, 6) is 0. The van der Waals surface area contributed by atoms with Crippen LogP contribution in [0.25, 0.3) is 0 Å². The quantitative estimate of drug-likeness (QED) is 0.344. The molecule has 0 aromatic rings. The summed E-state index contributed by atoms with van der Waals surface area (Å²) in [6.07, 6.45) is 0. The molecule has 0 atom stereocenters. The van der Waals surface area contributed by atoms with Crippen molar-refractivity contribution in [2.24, 2.45) is 5.73 Å². The van der Waals surface area contributed by atoms with Crippen molar-refractivity contribution in [2.45, 2.75) is 0 Å². The summed E-state index contributed by atoms with van der Waals surface area (Å²) in [5, 5.41) is 0. The van der Waals surface area contributed by atoms with Crippen LogP contribution in [-0.4, -0.2) is 17.8 Å². The molecule has 0 fully saturated rings. The first-order valence-electron chi connectivity index (χ1n) is 1.41. The molecule has 8 heavy (non-hydrogen) atoms. The zero-order valence-electron chi connectivity index (χ0n) is 3.57. The van der Waals surface area contributed by atoms with Crippen LogP contribution in [0.3, 0.4) is 0 Å². The van der Waals surface area contributed by atoms with Crippen LogP contribution in [0.2, 0.25) is 0 Å². The molecule has 0 saturated carbocycles. The second kappa shape index (κ2) is 2.68. The van der Waals surface area contributed by atoms with E-state index in [4.69, 9.17) is 0 Å². The highest BCUT2D eigenvalue weighted by molar-refractivity contribution is 7.65. The average Bonchev–Trinajstić information content (AvgIpc) is 1.64. The average molecular weight is 154 g/mol. The van der Waals surface area contributed by atoms with Crippen LogP contribution in [0, 0.1) is 0 Å². The molecule has 46 valence electrons. The Balaban J connectivity index is 4.78. The third-order valence-electron chi connectivity index (χ3n) is 0.315. The molecule has 0 radical (unpaired) electrons. The van der Waals surface area contributed by atoms with Crippen molar-refractivity contribution < 1.29 is 16.6 Å². The van der Waals surface area contributed by atoms with Crippen molar-refractivity contribution in [3.05, 3.63) is 0 Å². The molecular formula is CH2N2O3S2. The van der Waals surface area contributed by atoms with Crippen molar-refractivity contribution >= 4 is 29.3 Å². The first-order valence-corrected chi connectivity index (χ1v) is 2.81. The van der Waals surface area contributed by atoms with E-state index in [-0.39, 0.29) is 3.35 Å². The fourth-order valence-corrected chi connectivity index (χ4v) is 0.220. The normalized spacial score (nSPS) is 8.12. The zero-order chi connectivity index (χ0) is 6.73. The van der Waals surface area contributed by atoms with E-state index in [0.29, 0.717) is 0 Å². The van der Waals surface area contributed by atoms with Crippen LogP contribution in [-0.2, 0) is 23.3 Å². The number of carbonyl (C=O) groups excluding carboxylic acids is 1. The number of carbonyl (C=O) groups is 1. The summed E-state index contributed by atoms with van der Waals surface area (Å²) in [4.78, 5) is 9.79. The lowest BCUT2D eigenvalue weighted by Gasteiger charge is -1.90. The first-order chi connectivity index (χ1) is 3.55. The molecule has 0 aliphatic carbocycles. The maximum Gasteiger partial charge on any atom is 0.482 e. The highest BCUT2D eigenvalue weighted by Gasteiger charge is 1.95. The molecule has 0 bridgehead atoms. The fourth-order valence-electron chi connectivity index (χ4n) is 0.0735. The number of hydrogen-bond donors (Lipinski definition) is 1. The highest BCUT2D eigenvalue weighted by Crippen LogP contribution is 1.63. The maximum absolute atomic E-state index is 9.79. The Kier molecular flexibility index (Phi) is 2.49. The van der Waals surface area contributed by atoms with E-state index >= 15 is 0 Å². The molecule has 0 spiro atoms. The molecular weight excluding hydrogens is 152 g/mol. The van der Waals surface area contributed by atoms with Gasteiger partial charge in [0.2, 0.25) is 0 Å². The second-order valence-corrected chi connectivity index (χ2v) is 2.21. The van der Waals surface area contributed by atoms with Gasteiger partial charge in [-0.1, -0.05) is 0 Å². The number of rotatable bonds is 0. The predicted octanol–water partition coefficient (Wildman–Crippen LogP) is -1.40. The highest BCUT2D eigenvalue weighted by atomic mass is 32.2. The third kappa shape index (κ3) is 1.94. The lowest BCUT2D eigenvalue weighted by molar-refractivity contribution is -0.200. The molecule has 0 aliphatic rings. The summed E-state index contributed by atoms with van der Waals surface area (Å²) in [7, 11) is -2.72. The number of primary amides is 1. The smallest absolute Gasteiger partial charge is 0.482 e. The molecule has 0 saturated heterocycles. The second-order valence-electron chi connectivity index (χ2n) is 0.812. The van der Waals surface area contributed by atoms with Crippen LogP contribution in [0.5, 0.6) is 0 Å². The van der Waals surface area contributed by atoms with Crippen LogP contribution < -0.4 is 5.73 Å². The van der Waals surface area contributed by atoms with E-state index < -0.39 is 16.5 Å². The number of amides is 2. The van der Waals surface area contributed by atoms with Gasteiger partial charge in [-0.3, -0.25) is 5.73 Å². The van der Waals surface area contributed by atoms with Crippen LogP contribution >= 0.6 is 0 Å². The molecule has 0 aliphatic heterocycles. The largest absolute Gasteiger partial charge is 0.499 e. The third-order valence-corrected chi connectivity index (χ3v) is 1.31. The topological polar surface area (TPSA) is 80.2 Å². The van der Waals surface area contributed by atoms with Crippen molar-refractivity contribution in [2.75, 3.05) is 0 Å². The van der Waals surface area contributed by atoms with Gasteiger partial charge in [0, 0.05) is 0 Å². The van der Waals surface area contributed by atoms with Gasteiger partial charge in [-0.15, -0.1) is 8.42 Å². The van der Waals surface area contributed by atoms with Crippen molar-refractivity contribution in [3.63, 3.8) is 0 Å². The summed E-state index contributed by atoms with van der Waals surface area (Å²) in [6, 6.07) is -1.17. The van der Waals surface area contributed by atoms with Gasteiger partial charge >= 0.3 is 16.5 Å². The molecule has 0 rings (SSSR count). The first kappa shape index (κ1) is 7.44. The monoisotopic (exact) mass is 154 g/mol. The summed E-state index contributed by atoms with van der Waals surface area (Å²) < 4.78 is 19.3. The fraction of sp³-hybridized carbons (Fsp3) is 0. The summed E-state index contributed by atoms with van der Waals surface area (Å²) in [6.45, 7) is 0. The van der Waals surface area contributed by atoms with Gasteiger partial charge in [-0.25, -0.2) is 3.35 Å². The van der Waals surface area contributed by atoms with Gasteiger partial charge < -0.3 is 12.8 Å². The molecule has 0 aromatic heterocycles. The van der Waals surface area contributed by atoms with Crippen molar-refractivity contribution in [3.8, 4) is 0 Å². The van der Waals surface area contributed by atoms with Crippen molar-refractivity contribution in [1.29, 1.82) is 0 Å². The molecule has 5 nitrogen and oxygen atoms in total. The van der Waals surface area contributed by atoms with E-state index in [1.807, 2.05) is 0 Å². The van der Waals surface area contributed by atoms with Crippen LogP contribution in [0.15, 0.2) is 0 Å². The van der Waals surface area contributed by atoms with E-state index in [1.165, 1.54) is 0 Å². The van der Waals surface area contributed by atoms with Crippen LogP contribution in [0.4, 0.5) is 4.79 Å². The Labute approximate surface area is 52.3 Å². The van der Waals surface area contributed by atoms with Crippen molar-refractivity contribution in [1.82, 2.24) is 0 Å². The van der Waals surface area contributed by atoms with E-state index in [2.05, 4.69) is 18.5 Å². The molecule has 2 amide bonds. The van der Waals surface area contributed by atoms with E-state index in [9.17, 15) is 13.2 Å².